The zero-order chi connectivity index (χ0) is 13.0. The lowest BCUT2D eigenvalue weighted by atomic mass is 10.1. The number of hydrogen-bond donors (Lipinski definition) is 2. The standard InChI is InChI=1S/C14H22N2O2/c1-2-18-13-7-3-5-11(14(13)17)10-16-8-4-6-12(16)9-15/h3,5,7,12,17H,2,4,6,8-10,15H2,1H3. The van der Waals surface area contributed by atoms with Gasteiger partial charge in [0.2, 0.25) is 0 Å². The molecule has 1 unspecified atom stereocenters. The second kappa shape index (κ2) is 6.07. The van der Waals surface area contributed by atoms with Crippen LogP contribution in [-0.4, -0.2) is 35.7 Å². The molecule has 1 aliphatic heterocycles. The lowest BCUT2D eigenvalue weighted by Gasteiger charge is -2.23. The first kappa shape index (κ1) is 13.2. The third kappa shape index (κ3) is 2.76. The van der Waals surface area contributed by atoms with Crippen molar-refractivity contribution in [3.05, 3.63) is 23.8 Å². The zero-order valence-corrected chi connectivity index (χ0v) is 10.9. The number of nitrogens with two attached hydrogens (primary N) is 1. The quantitative estimate of drug-likeness (QED) is 0.835. The predicted molar refractivity (Wildman–Crippen MR) is 71.8 cm³/mol. The SMILES string of the molecule is CCOc1cccc(CN2CCCC2CN)c1O. The molecule has 1 fully saturated rings. The van der Waals surface area contributed by atoms with E-state index in [1.807, 2.05) is 19.1 Å². The molecule has 1 atom stereocenters. The van der Waals surface area contributed by atoms with Crippen LogP contribution in [-0.2, 0) is 6.54 Å². The number of benzene rings is 1. The van der Waals surface area contributed by atoms with Gasteiger partial charge in [-0.2, -0.15) is 0 Å². The van der Waals surface area contributed by atoms with E-state index >= 15 is 0 Å². The van der Waals surface area contributed by atoms with Crippen molar-refractivity contribution >= 4 is 0 Å². The molecule has 4 heteroatoms. The summed E-state index contributed by atoms with van der Waals surface area (Å²) in [6.45, 7) is 4.96. The average Bonchev–Trinajstić information content (AvgIpc) is 2.82. The molecule has 1 aromatic rings. The van der Waals surface area contributed by atoms with Gasteiger partial charge in [-0.25, -0.2) is 0 Å². The van der Waals surface area contributed by atoms with E-state index in [1.54, 1.807) is 6.07 Å². The maximum absolute atomic E-state index is 10.2. The lowest BCUT2D eigenvalue weighted by molar-refractivity contribution is 0.244. The molecule has 0 radical (unpaired) electrons. The highest BCUT2D eigenvalue weighted by molar-refractivity contribution is 5.45. The topological polar surface area (TPSA) is 58.7 Å². The highest BCUT2D eigenvalue weighted by Gasteiger charge is 2.24. The number of phenolic OH excluding ortho intramolecular Hbond substituents is 1. The van der Waals surface area contributed by atoms with Gasteiger partial charge in [0.15, 0.2) is 11.5 Å². The van der Waals surface area contributed by atoms with Crippen molar-refractivity contribution in [3.63, 3.8) is 0 Å². The summed E-state index contributed by atoms with van der Waals surface area (Å²) in [5, 5.41) is 10.2. The lowest BCUT2D eigenvalue weighted by Crippen LogP contribution is -2.34. The van der Waals surface area contributed by atoms with Gasteiger partial charge in [-0.1, -0.05) is 12.1 Å². The van der Waals surface area contributed by atoms with Crippen LogP contribution >= 0.6 is 0 Å². The molecule has 0 bridgehead atoms. The Labute approximate surface area is 108 Å². The number of phenols is 1. The maximum atomic E-state index is 10.2. The van der Waals surface area contributed by atoms with Crippen molar-refractivity contribution in [2.45, 2.75) is 32.4 Å². The molecular formula is C14H22N2O2. The Bertz CT molecular complexity index is 395. The van der Waals surface area contributed by atoms with Crippen LogP contribution in [0.4, 0.5) is 0 Å². The Morgan fingerprint density at radius 2 is 2.33 bits per heavy atom. The summed E-state index contributed by atoms with van der Waals surface area (Å²) in [5.41, 5.74) is 6.68. The van der Waals surface area contributed by atoms with Crippen LogP contribution in [0.15, 0.2) is 18.2 Å². The van der Waals surface area contributed by atoms with E-state index < -0.39 is 0 Å². The largest absolute Gasteiger partial charge is 0.504 e. The molecule has 18 heavy (non-hydrogen) atoms. The van der Waals surface area contributed by atoms with Crippen LogP contribution in [0.25, 0.3) is 0 Å². The minimum absolute atomic E-state index is 0.266. The molecule has 4 nitrogen and oxygen atoms in total. The highest BCUT2D eigenvalue weighted by Crippen LogP contribution is 2.32. The zero-order valence-electron chi connectivity index (χ0n) is 10.9. The van der Waals surface area contributed by atoms with E-state index in [9.17, 15) is 5.11 Å². The van der Waals surface area contributed by atoms with E-state index in [0.29, 0.717) is 24.9 Å². The van der Waals surface area contributed by atoms with Gasteiger partial charge in [0.05, 0.1) is 6.61 Å². The number of likely N-dealkylation sites (tertiary alicyclic amines) is 1. The maximum Gasteiger partial charge on any atom is 0.162 e. The molecule has 0 saturated carbocycles. The Morgan fingerprint density at radius 3 is 3.06 bits per heavy atom. The summed E-state index contributed by atoms with van der Waals surface area (Å²) >= 11 is 0. The molecule has 0 amide bonds. The van der Waals surface area contributed by atoms with Crippen LogP contribution < -0.4 is 10.5 Å². The molecule has 2 rings (SSSR count). The van der Waals surface area contributed by atoms with E-state index in [4.69, 9.17) is 10.5 Å². The van der Waals surface area contributed by atoms with Crippen LogP contribution in [0.2, 0.25) is 0 Å². The van der Waals surface area contributed by atoms with E-state index in [-0.39, 0.29) is 5.75 Å². The Balaban J connectivity index is 2.11. The molecule has 0 aromatic heterocycles. The highest BCUT2D eigenvalue weighted by atomic mass is 16.5. The minimum Gasteiger partial charge on any atom is -0.504 e. The van der Waals surface area contributed by atoms with Crippen LogP contribution in [0.1, 0.15) is 25.3 Å². The molecule has 0 aliphatic carbocycles. The van der Waals surface area contributed by atoms with Crippen LogP contribution in [0.5, 0.6) is 11.5 Å². The molecule has 0 spiro atoms. The number of hydrogen-bond acceptors (Lipinski definition) is 4. The molecule has 1 aromatic carbocycles. The Morgan fingerprint density at radius 1 is 1.50 bits per heavy atom. The van der Waals surface area contributed by atoms with Crippen molar-refractivity contribution in [2.75, 3.05) is 19.7 Å². The summed E-state index contributed by atoms with van der Waals surface area (Å²) in [6.07, 6.45) is 2.34. The summed E-state index contributed by atoms with van der Waals surface area (Å²) in [6, 6.07) is 6.12. The monoisotopic (exact) mass is 250 g/mol. The van der Waals surface area contributed by atoms with Gasteiger partial charge >= 0.3 is 0 Å². The number of nitrogens with zero attached hydrogens (tertiary/aromatic N) is 1. The second-order valence-electron chi connectivity index (χ2n) is 4.70. The van der Waals surface area contributed by atoms with Gasteiger partial charge in [-0.05, 0) is 32.4 Å². The van der Waals surface area contributed by atoms with Gasteiger partial charge in [0.25, 0.3) is 0 Å². The minimum atomic E-state index is 0.266. The second-order valence-corrected chi connectivity index (χ2v) is 4.70. The number of para-hydroxylation sites is 1. The van der Waals surface area contributed by atoms with Crippen molar-refractivity contribution < 1.29 is 9.84 Å². The first-order valence-corrected chi connectivity index (χ1v) is 6.64. The molecule has 100 valence electrons. The molecule has 1 heterocycles. The molecule has 3 N–H and O–H groups in total. The average molecular weight is 250 g/mol. The van der Waals surface area contributed by atoms with Crippen molar-refractivity contribution in [1.29, 1.82) is 0 Å². The van der Waals surface area contributed by atoms with Crippen LogP contribution in [0, 0.1) is 0 Å². The number of aromatic hydroxyl groups is 1. The summed E-state index contributed by atoms with van der Waals surface area (Å²) < 4.78 is 5.40. The van der Waals surface area contributed by atoms with E-state index in [0.717, 1.165) is 25.1 Å². The third-order valence-electron chi connectivity index (χ3n) is 3.53. The number of rotatable bonds is 5. The summed E-state index contributed by atoms with van der Waals surface area (Å²) in [4.78, 5) is 2.34. The van der Waals surface area contributed by atoms with Crippen molar-refractivity contribution in [2.24, 2.45) is 5.73 Å². The van der Waals surface area contributed by atoms with Crippen LogP contribution in [0.3, 0.4) is 0 Å². The van der Waals surface area contributed by atoms with Gasteiger partial charge in [0.1, 0.15) is 0 Å². The normalized spacial score (nSPS) is 20.2. The predicted octanol–water partition coefficient (Wildman–Crippen LogP) is 1.71. The fourth-order valence-electron chi connectivity index (χ4n) is 2.56. The van der Waals surface area contributed by atoms with Gasteiger partial charge < -0.3 is 15.6 Å². The summed E-state index contributed by atoms with van der Waals surface area (Å²) in [5.74, 6) is 0.834. The fraction of sp³-hybridized carbons (Fsp3) is 0.571. The Hall–Kier alpha value is -1.26. The smallest absolute Gasteiger partial charge is 0.162 e. The van der Waals surface area contributed by atoms with Gasteiger partial charge in [0, 0.05) is 24.7 Å². The Kier molecular flexibility index (Phi) is 4.44. The van der Waals surface area contributed by atoms with Crippen molar-refractivity contribution in [3.8, 4) is 11.5 Å². The first-order chi connectivity index (χ1) is 8.76. The van der Waals surface area contributed by atoms with E-state index in [2.05, 4.69) is 4.90 Å². The van der Waals surface area contributed by atoms with Gasteiger partial charge in [-0.15, -0.1) is 0 Å². The molecule has 1 aliphatic rings. The van der Waals surface area contributed by atoms with Crippen molar-refractivity contribution in [1.82, 2.24) is 4.90 Å². The van der Waals surface area contributed by atoms with Gasteiger partial charge in [-0.3, -0.25) is 4.90 Å². The molecule has 1 saturated heterocycles. The summed E-state index contributed by atoms with van der Waals surface area (Å²) in [7, 11) is 0. The fourth-order valence-corrected chi connectivity index (χ4v) is 2.56. The first-order valence-electron chi connectivity index (χ1n) is 6.64. The molecular weight excluding hydrogens is 228 g/mol. The third-order valence-corrected chi connectivity index (χ3v) is 3.53. The van der Waals surface area contributed by atoms with E-state index in [1.165, 1.54) is 6.42 Å². The number of ether oxygens (including phenoxy) is 1.